The lowest BCUT2D eigenvalue weighted by Gasteiger charge is -2.14. The lowest BCUT2D eigenvalue weighted by Crippen LogP contribution is -2.28. The predicted octanol–water partition coefficient (Wildman–Crippen LogP) is 3.96. The molecule has 0 saturated heterocycles. The van der Waals surface area contributed by atoms with E-state index in [0.29, 0.717) is 23.4 Å². The number of carbonyl (C=O) groups is 2. The van der Waals surface area contributed by atoms with E-state index in [1.54, 1.807) is 42.7 Å². The summed E-state index contributed by atoms with van der Waals surface area (Å²) in [6, 6.07) is 20.1. The van der Waals surface area contributed by atoms with E-state index in [-0.39, 0.29) is 12.3 Å². The predicted molar refractivity (Wildman–Crippen MR) is 121 cm³/mol. The van der Waals surface area contributed by atoms with Gasteiger partial charge in [-0.2, -0.15) is 5.26 Å². The Morgan fingerprint density at radius 3 is 2.61 bits per heavy atom. The maximum absolute atomic E-state index is 12.6. The first kappa shape index (κ1) is 21.7. The zero-order valence-electron chi connectivity index (χ0n) is 17.5. The van der Waals surface area contributed by atoms with Crippen LogP contribution >= 0.6 is 0 Å². The van der Waals surface area contributed by atoms with Gasteiger partial charge < -0.3 is 15.3 Å². The molecule has 33 heavy (non-hydrogen) atoms. The number of aromatic nitrogens is 1. The number of hydrogen-bond acceptors (Lipinski definition) is 6. The Hall–Kier alpha value is -4.51. The highest BCUT2D eigenvalue weighted by molar-refractivity contribution is 6.06. The van der Waals surface area contributed by atoms with Crippen molar-refractivity contribution in [3.05, 3.63) is 84.2 Å². The van der Waals surface area contributed by atoms with Gasteiger partial charge in [0.25, 0.3) is 5.91 Å². The number of amides is 1. The molecule has 1 amide bonds. The second-order valence-electron chi connectivity index (χ2n) is 7.51. The number of aliphatic carboxylic acids is 1. The minimum absolute atomic E-state index is 0.272. The van der Waals surface area contributed by atoms with Crippen LogP contribution in [0.3, 0.4) is 0 Å². The molecular formula is C25H20N4O4. The zero-order chi connectivity index (χ0) is 23.2. The number of pyridine rings is 1. The molecular weight excluding hydrogens is 420 g/mol. The maximum atomic E-state index is 12.6. The number of carboxylic acid groups (broad SMARTS) is 1. The molecule has 164 valence electrons. The zero-order valence-corrected chi connectivity index (χ0v) is 17.5. The second kappa shape index (κ2) is 9.75. The van der Waals surface area contributed by atoms with Crippen molar-refractivity contribution in [2.45, 2.75) is 24.9 Å². The molecule has 4 rings (SSSR count). The van der Waals surface area contributed by atoms with E-state index < -0.39 is 18.0 Å². The van der Waals surface area contributed by atoms with Gasteiger partial charge in [0.15, 0.2) is 0 Å². The molecule has 0 radical (unpaired) electrons. The largest absolute Gasteiger partial charge is 0.481 e. The van der Waals surface area contributed by atoms with Gasteiger partial charge in [0.1, 0.15) is 0 Å². The molecule has 0 fully saturated rings. The van der Waals surface area contributed by atoms with Crippen molar-refractivity contribution in [1.82, 2.24) is 4.98 Å². The molecule has 2 N–H and O–H groups in total. The minimum Gasteiger partial charge on any atom is -0.481 e. The highest BCUT2D eigenvalue weighted by Crippen LogP contribution is 2.31. The van der Waals surface area contributed by atoms with Gasteiger partial charge >= 0.3 is 5.97 Å². The highest BCUT2D eigenvalue weighted by atomic mass is 16.6. The molecule has 0 aliphatic carbocycles. The van der Waals surface area contributed by atoms with Gasteiger partial charge in [-0.05, 0) is 41.0 Å². The molecule has 8 nitrogen and oxygen atoms in total. The molecule has 2 unspecified atom stereocenters. The Balaban J connectivity index is 1.44. The number of benzene rings is 2. The molecule has 2 aromatic carbocycles. The standard InChI is InChI=1S/C25H20N4O4/c26-14-18(12-24(30)31)21-6-2-1-5-20(21)16-7-9-19(10-8-16)28-25(32)23-13-22(29-33-23)17-4-3-11-27-15-17/h1-11,15,18,23H,12-13H2,(H,28,32)(H,30,31). The van der Waals surface area contributed by atoms with E-state index in [2.05, 4.69) is 21.5 Å². The summed E-state index contributed by atoms with van der Waals surface area (Å²) in [6.07, 6.45) is 2.69. The molecule has 0 saturated carbocycles. The van der Waals surface area contributed by atoms with Crippen molar-refractivity contribution < 1.29 is 19.5 Å². The number of carbonyl (C=O) groups excluding carboxylic acids is 1. The number of oxime groups is 1. The van der Waals surface area contributed by atoms with E-state index in [1.807, 2.05) is 30.3 Å². The van der Waals surface area contributed by atoms with E-state index in [9.17, 15) is 14.9 Å². The monoisotopic (exact) mass is 440 g/mol. The number of nitrogens with one attached hydrogen (secondary N) is 1. The number of rotatable bonds is 7. The van der Waals surface area contributed by atoms with E-state index in [0.717, 1.165) is 16.7 Å². The molecule has 1 aromatic heterocycles. The Morgan fingerprint density at radius 2 is 1.91 bits per heavy atom. The van der Waals surface area contributed by atoms with E-state index >= 15 is 0 Å². The second-order valence-corrected chi connectivity index (χ2v) is 7.51. The smallest absolute Gasteiger partial charge is 0.305 e. The number of anilines is 1. The van der Waals surface area contributed by atoms with Gasteiger partial charge in [-0.25, -0.2) is 0 Å². The van der Waals surface area contributed by atoms with Crippen molar-refractivity contribution in [2.24, 2.45) is 5.16 Å². The minimum atomic E-state index is -1.03. The van der Waals surface area contributed by atoms with Crippen LogP contribution in [0, 0.1) is 11.3 Å². The number of hydrogen-bond donors (Lipinski definition) is 2. The van der Waals surface area contributed by atoms with Crippen LogP contribution in [-0.2, 0) is 14.4 Å². The quantitative estimate of drug-likeness (QED) is 0.573. The van der Waals surface area contributed by atoms with Crippen molar-refractivity contribution in [3.8, 4) is 17.2 Å². The Bertz CT molecular complexity index is 1230. The topological polar surface area (TPSA) is 125 Å². The van der Waals surface area contributed by atoms with Crippen LogP contribution in [0.15, 0.2) is 78.2 Å². The van der Waals surface area contributed by atoms with Crippen molar-refractivity contribution in [2.75, 3.05) is 5.32 Å². The van der Waals surface area contributed by atoms with Gasteiger partial charge in [0.2, 0.25) is 6.10 Å². The van der Waals surface area contributed by atoms with Gasteiger partial charge in [-0.3, -0.25) is 14.6 Å². The summed E-state index contributed by atoms with van der Waals surface area (Å²) in [5, 5.41) is 25.4. The SMILES string of the molecule is N#CC(CC(=O)O)c1ccccc1-c1ccc(NC(=O)C2CC(c3cccnc3)=NO2)cc1. The van der Waals surface area contributed by atoms with Crippen LogP contribution in [0.5, 0.6) is 0 Å². The average Bonchev–Trinajstić information content (AvgIpc) is 3.34. The first-order valence-corrected chi connectivity index (χ1v) is 10.3. The summed E-state index contributed by atoms with van der Waals surface area (Å²) in [7, 11) is 0. The van der Waals surface area contributed by atoms with Gasteiger partial charge in [0.05, 0.1) is 24.1 Å². The number of nitriles is 1. The fraction of sp³-hybridized carbons (Fsp3) is 0.160. The van der Waals surface area contributed by atoms with Gasteiger partial charge in [-0.15, -0.1) is 0 Å². The molecule has 0 spiro atoms. The first-order valence-electron chi connectivity index (χ1n) is 10.3. The number of nitrogens with zero attached hydrogens (tertiary/aromatic N) is 3. The molecule has 1 aliphatic rings. The summed E-state index contributed by atoms with van der Waals surface area (Å²) in [6.45, 7) is 0. The van der Waals surface area contributed by atoms with Crippen LogP contribution in [-0.4, -0.2) is 33.8 Å². The molecule has 2 heterocycles. The molecule has 3 aromatic rings. The van der Waals surface area contributed by atoms with Crippen LogP contribution in [0.25, 0.3) is 11.1 Å². The Morgan fingerprint density at radius 1 is 1.12 bits per heavy atom. The Labute approximate surface area is 190 Å². The molecule has 1 aliphatic heterocycles. The molecule has 8 heteroatoms. The third-order valence-electron chi connectivity index (χ3n) is 5.29. The highest BCUT2D eigenvalue weighted by Gasteiger charge is 2.29. The summed E-state index contributed by atoms with van der Waals surface area (Å²) in [5.41, 5.74) is 4.31. The summed E-state index contributed by atoms with van der Waals surface area (Å²) < 4.78 is 0. The maximum Gasteiger partial charge on any atom is 0.305 e. The summed E-state index contributed by atoms with van der Waals surface area (Å²) >= 11 is 0. The van der Waals surface area contributed by atoms with Crippen molar-refractivity contribution in [1.29, 1.82) is 5.26 Å². The summed E-state index contributed by atoms with van der Waals surface area (Å²) in [5.74, 6) is -2.09. The van der Waals surface area contributed by atoms with Gasteiger partial charge in [-0.1, -0.05) is 41.6 Å². The molecule has 0 bridgehead atoms. The summed E-state index contributed by atoms with van der Waals surface area (Å²) in [4.78, 5) is 33.1. The lowest BCUT2D eigenvalue weighted by atomic mass is 9.89. The van der Waals surface area contributed by atoms with Crippen LogP contribution in [0.1, 0.15) is 29.9 Å². The third-order valence-corrected chi connectivity index (χ3v) is 5.29. The van der Waals surface area contributed by atoms with Crippen LogP contribution in [0.4, 0.5) is 5.69 Å². The average molecular weight is 440 g/mol. The van der Waals surface area contributed by atoms with Crippen molar-refractivity contribution >= 4 is 23.3 Å². The third kappa shape index (κ3) is 5.05. The normalized spacial score (nSPS) is 15.6. The van der Waals surface area contributed by atoms with Crippen LogP contribution < -0.4 is 5.32 Å². The fourth-order valence-electron chi connectivity index (χ4n) is 3.64. The molecule has 2 atom stereocenters. The van der Waals surface area contributed by atoms with Crippen molar-refractivity contribution in [3.63, 3.8) is 0 Å². The van der Waals surface area contributed by atoms with Gasteiger partial charge in [0, 0.05) is 30.1 Å². The Kier molecular flexibility index (Phi) is 6.41. The fourth-order valence-corrected chi connectivity index (χ4v) is 3.64. The number of carboxylic acids is 1. The van der Waals surface area contributed by atoms with E-state index in [4.69, 9.17) is 9.94 Å². The lowest BCUT2D eigenvalue weighted by molar-refractivity contribution is -0.137. The van der Waals surface area contributed by atoms with Crippen LogP contribution in [0.2, 0.25) is 0 Å². The first-order chi connectivity index (χ1) is 16.0. The van der Waals surface area contributed by atoms with E-state index in [1.165, 1.54) is 0 Å².